The van der Waals surface area contributed by atoms with Crippen LogP contribution in [0.2, 0.25) is 5.02 Å². The van der Waals surface area contributed by atoms with Gasteiger partial charge >= 0.3 is 6.18 Å². The Morgan fingerprint density at radius 3 is 2.30 bits per heavy atom. The van der Waals surface area contributed by atoms with Crippen LogP contribution >= 0.6 is 11.6 Å². The summed E-state index contributed by atoms with van der Waals surface area (Å²) in [7, 11) is 0. The SMILES string of the molecule is CC(C)(C)CCN1CCOC(C(=O)NCc2ccc(C(=O)Nc3ccc(Cl)cc3N3CCN(CCC(F)(F)F)CC3)c(F)c2F)C1. The molecule has 2 aliphatic heterocycles. The molecule has 2 heterocycles. The van der Waals surface area contributed by atoms with Crippen LogP contribution in [0, 0.1) is 17.0 Å². The standard InChI is InChI=1S/C32H41ClF5N5O3/c1-31(2,3)8-10-42-16-17-46-26(20-42)30(45)39-19-21-4-6-23(28(35)27(21)34)29(44)40-24-7-5-22(33)18-25(24)43-14-12-41(13-15-43)11-9-32(36,37)38/h4-7,18,26H,8-17,19-20H2,1-3H3,(H,39,45)(H,40,44). The maximum Gasteiger partial charge on any atom is 0.390 e. The van der Waals surface area contributed by atoms with Crippen LogP contribution in [0.3, 0.4) is 0 Å². The van der Waals surface area contributed by atoms with Crippen molar-refractivity contribution in [3.05, 3.63) is 58.1 Å². The molecule has 0 spiro atoms. The molecule has 0 bridgehead atoms. The normalized spacial score (nSPS) is 18.5. The second kappa shape index (κ2) is 15.3. The fraction of sp³-hybridized carbons (Fsp3) is 0.562. The van der Waals surface area contributed by atoms with E-state index in [1.807, 2.05) is 4.90 Å². The summed E-state index contributed by atoms with van der Waals surface area (Å²) in [5, 5.41) is 5.59. The number of piperazine rings is 1. The minimum atomic E-state index is -4.24. The number of morpholine rings is 1. The molecule has 2 saturated heterocycles. The third-order valence-electron chi connectivity index (χ3n) is 8.11. The second-order valence-corrected chi connectivity index (χ2v) is 13.3. The molecule has 254 valence electrons. The number of halogens is 6. The van der Waals surface area contributed by atoms with Gasteiger partial charge in [-0.2, -0.15) is 13.2 Å². The van der Waals surface area contributed by atoms with Crippen molar-refractivity contribution in [3.63, 3.8) is 0 Å². The van der Waals surface area contributed by atoms with Crippen LogP contribution in [-0.2, 0) is 16.1 Å². The predicted octanol–water partition coefficient (Wildman–Crippen LogP) is 5.70. The largest absolute Gasteiger partial charge is 0.390 e. The number of hydrogen-bond acceptors (Lipinski definition) is 6. The van der Waals surface area contributed by atoms with Gasteiger partial charge in [-0.1, -0.05) is 38.4 Å². The molecule has 0 radical (unpaired) electrons. The first kappa shape index (κ1) is 35.8. The Morgan fingerprint density at radius 2 is 1.63 bits per heavy atom. The summed E-state index contributed by atoms with van der Waals surface area (Å²) in [5.74, 6) is -3.94. The van der Waals surface area contributed by atoms with E-state index in [9.17, 15) is 22.8 Å². The molecule has 8 nitrogen and oxygen atoms in total. The van der Waals surface area contributed by atoms with Crippen molar-refractivity contribution < 1.29 is 36.3 Å². The number of anilines is 2. The molecule has 0 aromatic heterocycles. The molecule has 1 unspecified atom stereocenters. The second-order valence-electron chi connectivity index (χ2n) is 12.9. The summed E-state index contributed by atoms with van der Waals surface area (Å²) in [5.41, 5.74) is 0.295. The van der Waals surface area contributed by atoms with Crippen molar-refractivity contribution in [2.24, 2.45) is 5.41 Å². The molecular weight excluding hydrogens is 633 g/mol. The van der Waals surface area contributed by atoms with Crippen LogP contribution in [0.15, 0.2) is 30.3 Å². The smallest absolute Gasteiger partial charge is 0.367 e. The molecule has 0 aliphatic carbocycles. The average Bonchev–Trinajstić information content (AvgIpc) is 3.00. The maximum absolute atomic E-state index is 15.1. The lowest BCUT2D eigenvalue weighted by Crippen LogP contribution is -2.50. The van der Waals surface area contributed by atoms with Crippen molar-refractivity contribution >= 4 is 34.8 Å². The zero-order valence-corrected chi connectivity index (χ0v) is 27.0. The number of ether oxygens (including phenoxy) is 1. The molecule has 2 fully saturated rings. The molecule has 46 heavy (non-hydrogen) atoms. The van der Waals surface area contributed by atoms with Crippen LogP contribution in [0.1, 0.15) is 49.5 Å². The quantitative estimate of drug-likeness (QED) is 0.316. The molecule has 2 aromatic rings. The molecular formula is C32H41ClF5N5O3. The first-order chi connectivity index (χ1) is 21.6. The molecule has 2 aliphatic rings. The number of amides is 2. The third kappa shape index (κ3) is 10.2. The fourth-order valence-electron chi connectivity index (χ4n) is 5.31. The summed E-state index contributed by atoms with van der Waals surface area (Å²) in [6.45, 7) is 9.87. The van der Waals surface area contributed by atoms with Gasteiger partial charge in [-0.3, -0.25) is 19.4 Å². The highest BCUT2D eigenvalue weighted by atomic mass is 35.5. The Labute approximate surface area is 271 Å². The van der Waals surface area contributed by atoms with Crippen molar-refractivity contribution in [3.8, 4) is 0 Å². The van der Waals surface area contributed by atoms with E-state index in [1.165, 1.54) is 18.2 Å². The summed E-state index contributed by atoms with van der Waals surface area (Å²) < 4.78 is 73.7. The number of alkyl halides is 3. The van der Waals surface area contributed by atoms with Gasteiger partial charge in [0.1, 0.15) is 6.10 Å². The van der Waals surface area contributed by atoms with E-state index < -0.39 is 47.7 Å². The van der Waals surface area contributed by atoms with Crippen LogP contribution < -0.4 is 15.5 Å². The zero-order valence-electron chi connectivity index (χ0n) is 26.3. The Kier molecular flexibility index (Phi) is 11.9. The van der Waals surface area contributed by atoms with Gasteiger partial charge in [0.15, 0.2) is 11.6 Å². The number of rotatable bonds is 10. The van der Waals surface area contributed by atoms with Crippen LogP contribution in [0.4, 0.5) is 33.3 Å². The number of benzene rings is 2. The summed E-state index contributed by atoms with van der Waals surface area (Å²) in [6, 6.07) is 7.05. The van der Waals surface area contributed by atoms with E-state index in [4.69, 9.17) is 16.3 Å². The summed E-state index contributed by atoms with van der Waals surface area (Å²) in [6.07, 6.45) is -4.91. The number of carbonyl (C=O) groups excluding carboxylic acids is 2. The van der Waals surface area contributed by atoms with Gasteiger partial charge in [-0.25, -0.2) is 8.78 Å². The third-order valence-corrected chi connectivity index (χ3v) is 8.35. The van der Waals surface area contributed by atoms with Gasteiger partial charge in [-0.05, 0) is 42.6 Å². The van der Waals surface area contributed by atoms with Crippen molar-refractivity contribution in [1.82, 2.24) is 15.1 Å². The van der Waals surface area contributed by atoms with Crippen molar-refractivity contribution in [2.45, 2.75) is 52.4 Å². The average molecular weight is 674 g/mol. The van der Waals surface area contributed by atoms with Crippen molar-refractivity contribution in [2.75, 3.05) is 69.2 Å². The lowest BCUT2D eigenvalue weighted by molar-refractivity contribution is -0.139. The predicted molar refractivity (Wildman–Crippen MR) is 167 cm³/mol. The fourth-order valence-corrected chi connectivity index (χ4v) is 5.48. The molecule has 4 rings (SSSR count). The number of nitrogens with one attached hydrogen (secondary N) is 2. The van der Waals surface area contributed by atoms with Gasteiger partial charge in [0.05, 0.1) is 30.0 Å². The number of nitrogens with zero attached hydrogens (tertiary/aromatic N) is 3. The van der Waals surface area contributed by atoms with Gasteiger partial charge in [0.2, 0.25) is 0 Å². The number of carbonyl (C=O) groups is 2. The molecule has 0 saturated carbocycles. The lowest BCUT2D eigenvalue weighted by atomic mass is 9.92. The Balaban J connectivity index is 1.36. The van der Waals surface area contributed by atoms with E-state index in [2.05, 4.69) is 36.3 Å². The summed E-state index contributed by atoms with van der Waals surface area (Å²) >= 11 is 6.20. The van der Waals surface area contributed by atoms with E-state index in [0.717, 1.165) is 19.0 Å². The highest BCUT2D eigenvalue weighted by Crippen LogP contribution is 2.31. The van der Waals surface area contributed by atoms with Gasteiger partial charge < -0.3 is 20.3 Å². The van der Waals surface area contributed by atoms with Crippen LogP contribution in [0.5, 0.6) is 0 Å². The molecule has 1 atom stereocenters. The van der Waals surface area contributed by atoms with E-state index in [-0.39, 0.29) is 24.1 Å². The number of hydrogen-bond donors (Lipinski definition) is 2. The van der Waals surface area contributed by atoms with E-state index in [0.29, 0.717) is 62.3 Å². The Morgan fingerprint density at radius 1 is 0.935 bits per heavy atom. The molecule has 2 aromatic carbocycles. The minimum absolute atomic E-state index is 0.106. The monoisotopic (exact) mass is 673 g/mol. The molecule has 14 heteroatoms. The zero-order chi connectivity index (χ0) is 33.6. The summed E-state index contributed by atoms with van der Waals surface area (Å²) in [4.78, 5) is 31.6. The first-order valence-electron chi connectivity index (χ1n) is 15.3. The maximum atomic E-state index is 15.1. The van der Waals surface area contributed by atoms with E-state index >= 15 is 8.78 Å². The van der Waals surface area contributed by atoms with Crippen LogP contribution in [0.25, 0.3) is 0 Å². The Bertz CT molecular complexity index is 1380. The lowest BCUT2D eigenvalue weighted by Gasteiger charge is -2.37. The van der Waals surface area contributed by atoms with E-state index in [1.54, 1.807) is 11.0 Å². The minimum Gasteiger partial charge on any atom is -0.367 e. The first-order valence-corrected chi connectivity index (χ1v) is 15.7. The Hall–Kier alpha value is -3.00. The molecule has 2 N–H and O–H groups in total. The highest BCUT2D eigenvalue weighted by Gasteiger charge is 2.30. The topological polar surface area (TPSA) is 77.1 Å². The van der Waals surface area contributed by atoms with Gasteiger partial charge in [-0.15, -0.1) is 0 Å². The van der Waals surface area contributed by atoms with Gasteiger partial charge in [0.25, 0.3) is 11.8 Å². The molecule has 2 amide bonds. The van der Waals surface area contributed by atoms with Crippen LogP contribution in [-0.4, -0.2) is 92.9 Å². The van der Waals surface area contributed by atoms with Crippen molar-refractivity contribution in [1.29, 1.82) is 0 Å². The highest BCUT2D eigenvalue weighted by molar-refractivity contribution is 6.31. The van der Waals surface area contributed by atoms with Gasteiger partial charge in [0, 0.05) is 62.9 Å².